The molecule has 0 atom stereocenters. The lowest BCUT2D eigenvalue weighted by Crippen LogP contribution is -2.52. The molecule has 0 fully saturated rings. The van der Waals surface area contributed by atoms with Gasteiger partial charge in [0, 0.05) is 13.1 Å². The third-order valence-corrected chi connectivity index (χ3v) is 10.0. The molecular weight excluding hydrogens is 574 g/mol. The summed E-state index contributed by atoms with van der Waals surface area (Å²) in [6.45, 7) is 12.3. The molecule has 0 aromatic carbocycles. The molecule has 280 valence electrons. The van der Waals surface area contributed by atoms with Gasteiger partial charge in [0.25, 0.3) is 0 Å². The highest BCUT2D eigenvalue weighted by molar-refractivity contribution is 4.82. The molecule has 0 aromatic rings. The smallest absolute Gasteiger partial charge is 0.102 e. The Kier molecular flexibility index (Phi) is 39.2. The van der Waals surface area contributed by atoms with Crippen LogP contribution in [0, 0.1) is 0 Å². The summed E-state index contributed by atoms with van der Waals surface area (Å²) < 4.78 is 0.956. The first kappa shape index (κ1) is 46.3. The summed E-state index contributed by atoms with van der Waals surface area (Å²) in [5.74, 6) is 0. The lowest BCUT2D eigenvalue weighted by Gasteiger charge is -2.34. The number of allylic oxidation sites excluding steroid dienone is 4. The summed E-state index contributed by atoms with van der Waals surface area (Å²) in [6.07, 6.45) is 47.9. The number of rotatable bonds is 40. The third kappa shape index (κ3) is 38.0. The maximum Gasteiger partial charge on any atom is 0.102 e. The minimum atomic E-state index is 0.278. The van der Waals surface area contributed by atoms with Crippen molar-refractivity contribution in [2.75, 3.05) is 59.5 Å². The van der Waals surface area contributed by atoms with Crippen LogP contribution in [-0.4, -0.2) is 69.1 Å². The van der Waals surface area contributed by atoms with Gasteiger partial charge in [0.05, 0.1) is 26.7 Å². The summed E-state index contributed by atoms with van der Waals surface area (Å²) in [5.41, 5.74) is 0. The zero-order chi connectivity index (χ0) is 34.2. The van der Waals surface area contributed by atoms with Gasteiger partial charge in [-0.05, 0) is 77.3 Å². The van der Waals surface area contributed by atoms with Crippen molar-refractivity contribution in [3.8, 4) is 0 Å². The van der Waals surface area contributed by atoms with Crippen LogP contribution < -0.4 is 10.6 Å². The molecule has 0 bridgehead atoms. The number of aliphatic hydroxyl groups excluding tert-OH is 1. The molecule has 3 N–H and O–H groups in total. The van der Waals surface area contributed by atoms with Gasteiger partial charge < -0.3 is 20.2 Å². The highest BCUT2D eigenvalue weighted by Crippen LogP contribution is 2.11. The van der Waals surface area contributed by atoms with Crippen LogP contribution in [0.2, 0.25) is 0 Å². The second-order valence-electron chi connectivity index (χ2n) is 14.9. The van der Waals surface area contributed by atoms with E-state index in [1.807, 2.05) is 0 Å². The highest BCUT2D eigenvalue weighted by atomic mass is 16.3. The van der Waals surface area contributed by atoms with Crippen LogP contribution >= 0.6 is 0 Å². The summed E-state index contributed by atoms with van der Waals surface area (Å²) in [7, 11) is 2.31. The van der Waals surface area contributed by atoms with Crippen LogP contribution in [0.4, 0.5) is 0 Å². The van der Waals surface area contributed by atoms with Crippen LogP contribution in [0.15, 0.2) is 24.3 Å². The number of hydrogen-bond donors (Lipinski definition) is 3. The molecule has 0 saturated heterocycles. The standard InChI is InChI=1S/C43H88N3O/c1-4-6-8-10-12-14-16-18-20-22-24-26-28-30-32-34-36-44-38-40-46(3,42-43-47)41-39-45-37-35-33-31-29-27-25-23-21-19-17-15-13-11-9-7-5-2/h18-21,44-45,47H,4-17,22-43H2,1-3H3/q+1/b20-18-,21-19-. The van der Waals surface area contributed by atoms with E-state index in [2.05, 4.69) is 55.8 Å². The van der Waals surface area contributed by atoms with E-state index in [-0.39, 0.29) is 6.61 Å². The SMILES string of the molecule is CCCCCCCC/C=C\CCCCCCCCNCC[N+](C)(CCO)CCNCCCCCCCC/C=C\CCCCCCCC. The number of hydrogen-bond acceptors (Lipinski definition) is 3. The second kappa shape index (κ2) is 39.8. The Labute approximate surface area is 297 Å². The van der Waals surface area contributed by atoms with Crippen molar-refractivity contribution >= 4 is 0 Å². The molecule has 47 heavy (non-hydrogen) atoms. The highest BCUT2D eigenvalue weighted by Gasteiger charge is 2.19. The lowest BCUT2D eigenvalue weighted by molar-refractivity contribution is -0.907. The van der Waals surface area contributed by atoms with E-state index < -0.39 is 0 Å². The van der Waals surface area contributed by atoms with Crippen molar-refractivity contribution in [2.45, 2.75) is 194 Å². The van der Waals surface area contributed by atoms with E-state index in [9.17, 15) is 5.11 Å². The molecule has 0 spiro atoms. The summed E-state index contributed by atoms with van der Waals surface area (Å²) >= 11 is 0. The zero-order valence-corrected chi connectivity index (χ0v) is 32.7. The molecule has 0 rings (SSSR count). The predicted molar refractivity (Wildman–Crippen MR) is 213 cm³/mol. The van der Waals surface area contributed by atoms with Gasteiger partial charge in [-0.25, -0.2) is 0 Å². The number of nitrogens with zero attached hydrogens (tertiary/aromatic N) is 1. The van der Waals surface area contributed by atoms with Gasteiger partial charge in [-0.3, -0.25) is 0 Å². The average molecular weight is 663 g/mol. The molecular formula is C43H88N3O+. The van der Waals surface area contributed by atoms with E-state index in [4.69, 9.17) is 0 Å². The summed E-state index contributed by atoms with van der Waals surface area (Å²) in [4.78, 5) is 0. The zero-order valence-electron chi connectivity index (χ0n) is 32.7. The largest absolute Gasteiger partial charge is 0.391 e. The Morgan fingerprint density at radius 3 is 1.00 bits per heavy atom. The van der Waals surface area contributed by atoms with Gasteiger partial charge in [0.1, 0.15) is 6.54 Å². The van der Waals surface area contributed by atoms with E-state index in [0.717, 1.165) is 50.3 Å². The quantitative estimate of drug-likeness (QED) is 0.0347. The van der Waals surface area contributed by atoms with Crippen LogP contribution in [0.5, 0.6) is 0 Å². The summed E-state index contributed by atoms with van der Waals surface area (Å²) in [5, 5.41) is 17.0. The summed E-state index contributed by atoms with van der Waals surface area (Å²) in [6, 6.07) is 0. The Morgan fingerprint density at radius 2 is 0.681 bits per heavy atom. The molecule has 0 unspecified atom stereocenters. The van der Waals surface area contributed by atoms with Gasteiger partial charge in [-0.1, -0.05) is 154 Å². The Morgan fingerprint density at radius 1 is 0.383 bits per heavy atom. The van der Waals surface area contributed by atoms with Crippen molar-refractivity contribution in [3.05, 3.63) is 24.3 Å². The molecule has 0 radical (unpaired) electrons. The van der Waals surface area contributed by atoms with Gasteiger partial charge in [0.15, 0.2) is 0 Å². The molecule has 4 heteroatoms. The van der Waals surface area contributed by atoms with Crippen LogP contribution in [0.25, 0.3) is 0 Å². The number of quaternary nitrogens is 1. The molecule has 4 nitrogen and oxygen atoms in total. The Balaban J connectivity index is 3.52. The minimum Gasteiger partial charge on any atom is -0.391 e. The molecule has 0 saturated carbocycles. The fourth-order valence-electron chi connectivity index (χ4n) is 6.52. The van der Waals surface area contributed by atoms with Gasteiger partial charge in [-0.2, -0.15) is 0 Å². The fraction of sp³-hybridized carbons (Fsp3) is 0.907. The molecule has 0 aliphatic heterocycles. The van der Waals surface area contributed by atoms with Crippen molar-refractivity contribution in [3.63, 3.8) is 0 Å². The van der Waals surface area contributed by atoms with Crippen LogP contribution in [0.1, 0.15) is 194 Å². The minimum absolute atomic E-state index is 0.278. The average Bonchev–Trinajstić information content (AvgIpc) is 3.07. The first-order chi connectivity index (χ1) is 23.2. The second-order valence-corrected chi connectivity index (χ2v) is 14.9. The number of nitrogens with one attached hydrogen (secondary N) is 2. The molecule has 0 aromatic heterocycles. The van der Waals surface area contributed by atoms with E-state index in [1.165, 1.54) is 180 Å². The third-order valence-electron chi connectivity index (χ3n) is 10.0. The van der Waals surface area contributed by atoms with Crippen molar-refractivity contribution in [1.29, 1.82) is 0 Å². The van der Waals surface area contributed by atoms with Crippen LogP contribution in [-0.2, 0) is 0 Å². The lowest BCUT2D eigenvalue weighted by atomic mass is 10.1. The van der Waals surface area contributed by atoms with E-state index in [1.54, 1.807) is 0 Å². The molecule has 0 aliphatic carbocycles. The maximum absolute atomic E-state index is 9.66. The topological polar surface area (TPSA) is 44.3 Å². The molecule has 0 aliphatic rings. The normalized spacial score (nSPS) is 12.3. The number of aliphatic hydroxyl groups is 1. The predicted octanol–water partition coefficient (Wildman–Crippen LogP) is 11.7. The van der Waals surface area contributed by atoms with Gasteiger partial charge >= 0.3 is 0 Å². The Hall–Kier alpha value is -0.680. The van der Waals surface area contributed by atoms with Crippen LogP contribution in [0.3, 0.4) is 0 Å². The maximum atomic E-state index is 9.66. The van der Waals surface area contributed by atoms with Crippen molar-refractivity contribution in [2.24, 2.45) is 0 Å². The Bertz CT molecular complexity index is 587. The first-order valence-electron chi connectivity index (χ1n) is 21.3. The van der Waals surface area contributed by atoms with Crippen molar-refractivity contribution < 1.29 is 9.59 Å². The van der Waals surface area contributed by atoms with Crippen molar-refractivity contribution in [1.82, 2.24) is 10.6 Å². The van der Waals surface area contributed by atoms with E-state index >= 15 is 0 Å². The first-order valence-corrected chi connectivity index (χ1v) is 21.3. The van der Waals surface area contributed by atoms with Gasteiger partial charge in [-0.15, -0.1) is 0 Å². The van der Waals surface area contributed by atoms with Gasteiger partial charge in [0.2, 0.25) is 0 Å². The number of unbranched alkanes of at least 4 members (excludes halogenated alkanes) is 24. The monoisotopic (exact) mass is 663 g/mol. The fourth-order valence-corrected chi connectivity index (χ4v) is 6.52. The molecule has 0 amide bonds. The van der Waals surface area contributed by atoms with E-state index in [0.29, 0.717) is 0 Å². The number of likely N-dealkylation sites (N-methyl/N-ethyl adjacent to an activating group) is 1. The molecule has 0 heterocycles.